The van der Waals surface area contributed by atoms with Crippen molar-refractivity contribution in [2.45, 2.75) is 45.8 Å². The van der Waals surface area contributed by atoms with Gasteiger partial charge in [0, 0.05) is 6.54 Å². The lowest BCUT2D eigenvalue weighted by molar-refractivity contribution is 0.332. The van der Waals surface area contributed by atoms with Gasteiger partial charge >= 0.3 is 13.6 Å². The highest BCUT2D eigenvalue weighted by Gasteiger charge is 2.35. The van der Waals surface area contributed by atoms with Gasteiger partial charge in [-0.15, -0.1) is 0 Å². The summed E-state index contributed by atoms with van der Waals surface area (Å²) >= 11 is 0. The number of benzene rings is 1. The predicted octanol–water partition coefficient (Wildman–Crippen LogP) is 3.41. The van der Waals surface area contributed by atoms with Crippen molar-refractivity contribution in [2.24, 2.45) is 5.92 Å². The average Bonchev–Trinajstić information content (AvgIpc) is 3.29. The fourth-order valence-corrected chi connectivity index (χ4v) is 4.27. The van der Waals surface area contributed by atoms with E-state index in [1.807, 2.05) is 16.7 Å². The summed E-state index contributed by atoms with van der Waals surface area (Å²) in [5.74, 6) is 0.441. The van der Waals surface area contributed by atoms with E-state index in [2.05, 4.69) is 18.8 Å². The van der Waals surface area contributed by atoms with Gasteiger partial charge in [-0.25, -0.2) is 4.57 Å². The van der Waals surface area contributed by atoms with Crippen LogP contribution in [0.5, 0.6) is 6.01 Å². The van der Waals surface area contributed by atoms with Gasteiger partial charge < -0.3 is 19.9 Å². The zero-order chi connectivity index (χ0) is 18.0. The van der Waals surface area contributed by atoms with Crippen LogP contribution < -0.4 is 10.3 Å². The van der Waals surface area contributed by atoms with Gasteiger partial charge in [0.15, 0.2) is 0 Å². The van der Waals surface area contributed by atoms with Gasteiger partial charge in [-0.1, -0.05) is 32.8 Å². The van der Waals surface area contributed by atoms with Crippen molar-refractivity contribution in [1.82, 2.24) is 9.55 Å². The summed E-state index contributed by atoms with van der Waals surface area (Å²) < 4.78 is 24.8. The van der Waals surface area contributed by atoms with Crippen molar-refractivity contribution in [3.8, 4) is 6.01 Å². The van der Waals surface area contributed by atoms with E-state index in [4.69, 9.17) is 15.0 Å². The fraction of sp³-hybridized carbons (Fsp3) is 0.588. The minimum Gasteiger partial charge on any atom is -0.397 e. The maximum Gasteiger partial charge on any atom is 0.381 e. The van der Waals surface area contributed by atoms with E-state index in [-0.39, 0.29) is 18.3 Å². The Labute approximate surface area is 147 Å². The molecule has 8 heteroatoms. The SMILES string of the molecule is CCCC(CC)Cn1c(OP(=O)(O)CC2CO2)nc2c(N)cccc21. The largest absolute Gasteiger partial charge is 0.397 e. The quantitative estimate of drug-likeness (QED) is 0.400. The van der Waals surface area contributed by atoms with Crippen molar-refractivity contribution in [2.75, 3.05) is 18.5 Å². The Kier molecular flexibility index (Phi) is 5.37. The Morgan fingerprint density at radius 1 is 1.52 bits per heavy atom. The summed E-state index contributed by atoms with van der Waals surface area (Å²) in [6.45, 7) is 5.49. The molecular formula is C17H26N3O4P. The number of epoxide rings is 1. The molecule has 1 fully saturated rings. The van der Waals surface area contributed by atoms with Crippen LogP contribution in [0.2, 0.25) is 0 Å². The van der Waals surface area contributed by atoms with Gasteiger partial charge in [0.05, 0.1) is 30.1 Å². The van der Waals surface area contributed by atoms with Crippen molar-refractivity contribution < 1.29 is 18.7 Å². The lowest BCUT2D eigenvalue weighted by Gasteiger charge is -2.18. The summed E-state index contributed by atoms with van der Waals surface area (Å²) in [7, 11) is -3.82. The molecule has 138 valence electrons. The summed E-state index contributed by atoms with van der Waals surface area (Å²) in [6.07, 6.45) is 2.97. The first-order chi connectivity index (χ1) is 11.9. The Morgan fingerprint density at radius 3 is 2.92 bits per heavy atom. The number of para-hydroxylation sites is 1. The molecule has 2 heterocycles. The minimum absolute atomic E-state index is 0.0160. The molecule has 1 aromatic heterocycles. The van der Waals surface area contributed by atoms with E-state index < -0.39 is 7.60 Å². The highest BCUT2D eigenvalue weighted by Crippen LogP contribution is 2.46. The zero-order valence-corrected chi connectivity index (χ0v) is 15.6. The van der Waals surface area contributed by atoms with E-state index in [1.165, 1.54) is 0 Å². The first-order valence-corrected chi connectivity index (χ1v) is 10.6. The molecule has 1 saturated heterocycles. The van der Waals surface area contributed by atoms with Crippen LogP contribution in [0.3, 0.4) is 0 Å². The maximum absolute atomic E-state index is 12.4. The predicted molar refractivity (Wildman–Crippen MR) is 97.9 cm³/mol. The van der Waals surface area contributed by atoms with E-state index >= 15 is 0 Å². The molecule has 1 aromatic carbocycles. The number of ether oxygens (including phenoxy) is 1. The molecule has 0 amide bonds. The maximum atomic E-state index is 12.4. The molecule has 0 bridgehead atoms. The molecule has 7 nitrogen and oxygen atoms in total. The fourth-order valence-electron chi connectivity index (χ4n) is 3.08. The molecule has 0 saturated carbocycles. The van der Waals surface area contributed by atoms with Gasteiger partial charge in [0.2, 0.25) is 0 Å². The highest BCUT2D eigenvalue weighted by atomic mass is 31.2. The second-order valence-corrected chi connectivity index (χ2v) is 8.47. The summed E-state index contributed by atoms with van der Waals surface area (Å²) in [6, 6.07) is 5.70. The first-order valence-electron chi connectivity index (χ1n) is 8.81. The number of aromatic nitrogens is 2. The van der Waals surface area contributed by atoms with Crippen LogP contribution in [0.25, 0.3) is 11.0 Å². The van der Waals surface area contributed by atoms with Crippen LogP contribution in [-0.2, 0) is 15.8 Å². The Hall–Kier alpha value is -1.56. The summed E-state index contributed by atoms with van der Waals surface area (Å²) in [5.41, 5.74) is 7.99. The van der Waals surface area contributed by atoms with Gasteiger partial charge in [-0.2, -0.15) is 4.98 Å². The molecule has 2 aromatic rings. The number of hydrogen-bond acceptors (Lipinski definition) is 5. The number of nitrogens with zero attached hydrogens (tertiary/aromatic N) is 2. The second-order valence-electron chi connectivity index (χ2n) is 6.65. The molecular weight excluding hydrogens is 341 g/mol. The number of hydrogen-bond donors (Lipinski definition) is 2. The monoisotopic (exact) mass is 367 g/mol. The molecule has 3 N–H and O–H groups in total. The first kappa shape index (κ1) is 18.2. The summed E-state index contributed by atoms with van der Waals surface area (Å²) in [4.78, 5) is 14.6. The molecule has 1 aliphatic rings. The zero-order valence-electron chi connectivity index (χ0n) is 14.7. The third kappa shape index (κ3) is 4.35. The van der Waals surface area contributed by atoms with Crippen LogP contribution in [0.15, 0.2) is 18.2 Å². The standard InChI is InChI=1S/C17H26N3O4P/c1-3-6-12(4-2)9-20-15-8-5-7-14(18)16(15)19-17(20)24-25(21,22)11-13-10-23-13/h5,7-8,12-13H,3-4,6,9-11,18H2,1-2H3,(H,21,22). The normalized spacial score (nSPS) is 20.4. The minimum atomic E-state index is -3.82. The molecule has 0 radical (unpaired) electrons. The van der Waals surface area contributed by atoms with Crippen LogP contribution in [-0.4, -0.2) is 33.3 Å². The van der Waals surface area contributed by atoms with Gasteiger partial charge in [-0.05, 0) is 24.5 Å². The Bertz CT molecular complexity index is 788. The van der Waals surface area contributed by atoms with Gasteiger partial charge in [-0.3, -0.25) is 4.57 Å². The molecule has 3 atom stereocenters. The van der Waals surface area contributed by atoms with Crippen LogP contribution >= 0.6 is 7.60 Å². The number of rotatable bonds is 9. The van der Waals surface area contributed by atoms with E-state index in [1.54, 1.807) is 6.07 Å². The number of nitrogens with two attached hydrogens (primary N) is 1. The van der Waals surface area contributed by atoms with Crippen LogP contribution in [0.4, 0.5) is 5.69 Å². The van der Waals surface area contributed by atoms with Crippen LogP contribution in [0.1, 0.15) is 33.1 Å². The molecule has 3 unspecified atom stereocenters. The van der Waals surface area contributed by atoms with E-state index in [0.717, 1.165) is 24.8 Å². The van der Waals surface area contributed by atoms with Gasteiger partial charge in [0.25, 0.3) is 0 Å². The topological polar surface area (TPSA) is 103 Å². The van der Waals surface area contributed by atoms with Crippen LogP contribution in [0, 0.1) is 5.92 Å². The molecule has 0 aliphatic carbocycles. The lowest BCUT2D eigenvalue weighted by atomic mass is 10.0. The van der Waals surface area contributed by atoms with E-state index in [0.29, 0.717) is 30.3 Å². The Balaban J connectivity index is 1.96. The number of nitrogen functional groups attached to an aromatic ring is 1. The average molecular weight is 367 g/mol. The molecule has 3 rings (SSSR count). The second kappa shape index (κ2) is 7.36. The molecule has 0 spiro atoms. The highest BCUT2D eigenvalue weighted by molar-refractivity contribution is 7.53. The molecule has 25 heavy (non-hydrogen) atoms. The number of anilines is 1. The number of fused-ring (bicyclic) bond motifs is 1. The lowest BCUT2D eigenvalue weighted by Crippen LogP contribution is -2.12. The smallest absolute Gasteiger partial charge is 0.381 e. The van der Waals surface area contributed by atoms with Crippen molar-refractivity contribution >= 4 is 24.3 Å². The van der Waals surface area contributed by atoms with Crippen molar-refractivity contribution in [3.63, 3.8) is 0 Å². The molecule has 1 aliphatic heterocycles. The summed E-state index contributed by atoms with van der Waals surface area (Å²) in [5, 5.41) is 0. The Morgan fingerprint density at radius 2 is 2.28 bits per heavy atom. The van der Waals surface area contributed by atoms with Gasteiger partial charge in [0.1, 0.15) is 5.52 Å². The third-order valence-electron chi connectivity index (χ3n) is 4.55. The third-order valence-corrected chi connectivity index (χ3v) is 5.87. The number of imidazole rings is 1. The van der Waals surface area contributed by atoms with E-state index in [9.17, 15) is 9.46 Å². The van der Waals surface area contributed by atoms with Crippen molar-refractivity contribution in [3.05, 3.63) is 18.2 Å². The van der Waals surface area contributed by atoms with Crippen molar-refractivity contribution in [1.29, 1.82) is 0 Å².